The summed E-state index contributed by atoms with van der Waals surface area (Å²) in [6.45, 7) is 9.25. The van der Waals surface area contributed by atoms with Gasteiger partial charge in [-0.1, -0.05) is 29.8 Å². The number of methoxy groups -OCH3 is 1. The second kappa shape index (κ2) is 11.3. The Balaban J connectivity index is 1.43. The van der Waals surface area contributed by atoms with Crippen LogP contribution in [0.1, 0.15) is 53.7 Å². The minimum absolute atomic E-state index is 0.0430. The maximum atomic E-state index is 13.3. The highest BCUT2D eigenvalue weighted by Gasteiger charge is 2.38. The number of nitrogens with zero attached hydrogens (tertiary/aromatic N) is 2. The molecular weight excluding hydrogens is 504 g/mol. The molecule has 38 heavy (non-hydrogen) atoms. The zero-order chi connectivity index (χ0) is 27.7. The van der Waals surface area contributed by atoms with Crippen LogP contribution in [-0.4, -0.2) is 81.2 Å². The van der Waals surface area contributed by atoms with Gasteiger partial charge in [0.15, 0.2) is 0 Å². The molecule has 4 rings (SSSR count). The van der Waals surface area contributed by atoms with E-state index in [1.165, 1.54) is 4.31 Å². The molecule has 0 N–H and O–H groups in total. The van der Waals surface area contributed by atoms with Crippen molar-refractivity contribution < 1.29 is 27.4 Å². The second-order valence-electron chi connectivity index (χ2n) is 11.1. The van der Waals surface area contributed by atoms with Crippen LogP contribution in [0.15, 0.2) is 42.5 Å². The van der Waals surface area contributed by atoms with Gasteiger partial charge >= 0.3 is 0 Å². The molecule has 0 bridgehead atoms. The quantitative estimate of drug-likeness (QED) is 0.501. The Morgan fingerprint density at radius 2 is 1.87 bits per heavy atom. The monoisotopic (exact) mass is 544 g/mol. The minimum Gasteiger partial charge on any atom is -0.486 e. The predicted octanol–water partition coefficient (Wildman–Crippen LogP) is 3.94. The van der Waals surface area contributed by atoms with Crippen LogP contribution in [0.25, 0.3) is 0 Å². The van der Waals surface area contributed by atoms with E-state index in [1.54, 1.807) is 37.3 Å². The van der Waals surface area contributed by atoms with Gasteiger partial charge in [-0.15, -0.1) is 0 Å². The fourth-order valence-electron chi connectivity index (χ4n) is 5.32. The Labute approximate surface area is 226 Å². The second-order valence-corrected chi connectivity index (χ2v) is 13.2. The Kier molecular flexibility index (Phi) is 8.52. The van der Waals surface area contributed by atoms with E-state index in [0.29, 0.717) is 49.4 Å². The van der Waals surface area contributed by atoms with Crippen LogP contribution in [-0.2, 0) is 25.2 Å². The number of hydrogen-bond acceptors (Lipinski definition) is 6. The summed E-state index contributed by atoms with van der Waals surface area (Å²) in [4.78, 5) is 15.0. The molecule has 0 spiro atoms. The van der Waals surface area contributed by atoms with E-state index in [9.17, 15) is 13.2 Å². The lowest BCUT2D eigenvalue weighted by molar-refractivity contribution is -0.0708. The molecule has 2 aromatic carbocycles. The van der Waals surface area contributed by atoms with Gasteiger partial charge in [0.25, 0.3) is 5.91 Å². The first kappa shape index (κ1) is 28.5. The number of aryl methyl sites for hydroxylation is 2. The summed E-state index contributed by atoms with van der Waals surface area (Å²) in [6, 6.07) is 12.9. The molecule has 2 aliphatic rings. The van der Waals surface area contributed by atoms with Crippen LogP contribution >= 0.6 is 0 Å². The average molecular weight is 545 g/mol. The molecule has 208 valence electrons. The van der Waals surface area contributed by atoms with Crippen molar-refractivity contribution in [2.24, 2.45) is 0 Å². The van der Waals surface area contributed by atoms with Crippen molar-refractivity contribution in [3.63, 3.8) is 0 Å². The molecule has 2 saturated heterocycles. The third-order valence-corrected chi connectivity index (χ3v) is 9.46. The van der Waals surface area contributed by atoms with Crippen LogP contribution in [0.4, 0.5) is 0 Å². The SMILES string of the molecule is COC1CN(C(=O)c2cc(C)ccc2C)CC1Oc1cccc(CS(=O)(=O)N(C)C2CCOC(C)(C)C2)c1. The number of carbonyl (C=O) groups excluding carboxylic acids is 1. The van der Waals surface area contributed by atoms with Gasteiger partial charge in [0, 0.05) is 32.4 Å². The molecule has 1 amide bonds. The maximum Gasteiger partial charge on any atom is 0.254 e. The van der Waals surface area contributed by atoms with Crippen LogP contribution in [0.5, 0.6) is 5.75 Å². The number of likely N-dealkylation sites (tertiary alicyclic amines) is 1. The van der Waals surface area contributed by atoms with Gasteiger partial charge < -0.3 is 19.1 Å². The molecule has 9 heteroatoms. The van der Waals surface area contributed by atoms with E-state index < -0.39 is 10.0 Å². The highest BCUT2D eigenvalue weighted by molar-refractivity contribution is 7.88. The number of ether oxygens (including phenoxy) is 3. The molecule has 3 unspecified atom stereocenters. The first-order valence-electron chi connectivity index (χ1n) is 13.1. The fraction of sp³-hybridized carbons (Fsp3) is 0.552. The first-order chi connectivity index (χ1) is 17.9. The summed E-state index contributed by atoms with van der Waals surface area (Å²) in [5.41, 5.74) is 2.96. The zero-order valence-corrected chi connectivity index (χ0v) is 24.1. The molecule has 2 aliphatic heterocycles. The summed E-state index contributed by atoms with van der Waals surface area (Å²) in [7, 11) is -0.264. The van der Waals surface area contributed by atoms with Gasteiger partial charge in [0.2, 0.25) is 10.0 Å². The topological polar surface area (TPSA) is 85.4 Å². The molecule has 0 aliphatic carbocycles. The van der Waals surface area contributed by atoms with E-state index in [-0.39, 0.29) is 35.5 Å². The largest absolute Gasteiger partial charge is 0.486 e. The van der Waals surface area contributed by atoms with Gasteiger partial charge in [0.1, 0.15) is 18.0 Å². The van der Waals surface area contributed by atoms with Gasteiger partial charge in [-0.05, 0) is 69.9 Å². The summed E-state index contributed by atoms with van der Waals surface area (Å²) >= 11 is 0. The Hall–Kier alpha value is -2.46. The summed E-state index contributed by atoms with van der Waals surface area (Å²) in [5.74, 6) is 0.396. The van der Waals surface area contributed by atoms with E-state index in [4.69, 9.17) is 14.2 Å². The molecule has 3 atom stereocenters. The van der Waals surface area contributed by atoms with Gasteiger partial charge in [0.05, 0.1) is 24.4 Å². The molecule has 0 aromatic heterocycles. The molecule has 2 aromatic rings. The zero-order valence-electron chi connectivity index (χ0n) is 23.3. The Morgan fingerprint density at radius 1 is 1.13 bits per heavy atom. The van der Waals surface area contributed by atoms with E-state index in [1.807, 2.05) is 52.0 Å². The highest BCUT2D eigenvalue weighted by Crippen LogP contribution is 2.30. The van der Waals surface area contributed by atoms with Crippen LogP contribution < -0.4 is 4.74 Å². The first-order valence-corrected chi connectivity index (χ1v) is 14.7. The molecule has 8 nitrogen and oxygen atoms in total. The number of benzene rings is 2. The number of hydrogen-bond donors (Lipinski definition) is 0. The van der Waals surface area contributed by atoms with Crippen molar-refractivity contribution in [3.8, 4) is 5.75 Å². The van der Waals surface area contributed by atoms with Crippen LogP contribution in [0, 0.1) is 13.8 Å². The number of rotatable bonds is 8. The Bertz CT molecular complexity index is 1260. The summed E-state index contributed by atoms with van der Waals surface area (Å²) in [6.07, 6.45) is 0.677. The van der Waals surface area contributed by atoms with Gasteiger partial charge in [-0.3, -0.25) is 4.79 Å². The van der Waals surface area contributed by atoms with E-state index in [0.717, 1.165) is 11.1 Å². The molecule has 2 heterocycles. The molecule has 0 saturated carbocycles. The van der Waals surface area contributed by atoms with Crippen LogP contribution in [0.3, 0.4) is 0 Å². The standard InChI is InChI=1S/C29H40N2O6S/c1-20-10-11-21(2)25(14-20)28(32)31-17-26(35-6)27(18-31)37-24-9-7-8-22(15-24)19-38(33,34)30(5)23-12-13-36-29(3,4)16-23/h7-11,14-15,23,26-27H,12-13,16-19H2,1-6H3. The molecule has 2 fully saturated rings. The van der Waals surface area contributed by atoms with E-state index in [2.05, 4.69) is 0 Å². The number of sulfonamides is 1. The lowest BCUT2D eigenvalue weighted by Crippen LogP contribution is -2.46. The molecule has 0 radical (unpaired) electrons. The van der Waals surface area contributed by atoms with Crippen molar-refractivity contribution >= 4 is 15.9 Å². The van der Waals surface area contributed by atoms with E-state index >= 15 is 0 Å². The number of carbonyl (C=O) groups is 1. The third-order valence-electron chi connectivity index (χ3n) is 7.59. The van der Waals surface area contributed by atoms with Crippen LogP contribution in [0.2, 0.25) is 0 Å². The lowest BCUT2D eigenvalue weighted by Gasteiger charge is -2.39. The van der Waals surface area contributed by atoms with Crippen molar-refractivity contribution in [3.05, 3.63) is 64.7 Å². The average Bonchev–Trinajstić information content (AvgIpc) is 3.26. The van der Waals surface area contributed by atoms with Crippen molar-refractivity contribution in [2.75, 3.05) is 33.9 Å². The predicted molar refractivity (Wildman–Crippen MR) is 147 cm³/mol. The summed E-state index contributed by atoms with van der Waals surface area (Å²) < 4.78 is 45.7. The smallest absolute Gasteiger partial charge is 0.254 e. The van der Waals surface area contributed by atoms with Gasteiger partial charge in [-0.2, -0.15) is 0 Å². The third kappa shape index (κ3) is 6.57. The minimum atomic E-state index is -3.54. The summed E-state index contributed by atoms with van der Waals surface area (Å²) in [5, 5.41) is 0. The van der Waals surface area contributed by atoms with Crippen molar-refractivity contribution in [1.82, 2.24) is 9.21 Å². The number of amides is 1. The van der Waals surface area contributed by atoms with Gasteiger partial charge in [-0.25, -0.2) is 12.7 Å². The highest BCUT2D eigenvalue weighted by atomic mass is 32.2. The van der Waals surface area contributed by atoms with Crippen molar-refractivity contribution in [2.45, 2.75) is 70.1 Å². The lowest BCUT2D eigenvalue weighted by atomic mass is 9.94. The maximum absolute atomic E-state index is 13.3. The Morgan fingerprint density at radius 3 is 2.58 bits per heavy atom. The molecular formula is C29H40N2O6S. The van der Waals surface area contributed by atoms with Crippen molar-refractivity contribution in [1.29, 1.82) is 0 Å². The fourth-order valence-corrected chi connectivity index (χ4v) is 6.76. The normalized spacial score (nSPS) is 23.6.